The minimum absolute atomic E-state index is 0.296. The van der Waals surface area contributed by atoms with Crippen LogP contribution in [0.1, 0.15) is 39.0 Å². The maximum absolute atomic E-state index is 9.44. The molecule has 0 aromatic rings. The highest BCUT2D eigenvalue weighted by atomic mass is 16.3. The van der Waals surface area contributed by atoms with Crippen molar-refractivity contribution in [2.24, 2.45) is 11.7 Å². The van der Waals surface area contributed by atoms with Gasteiger partial charge in [-0.1, -0.05) is 19.8 Å². The maximum atomic E-state index is 9.44. The van der Waals surface area contributed by atoms with Gasteiger partial charge in [0.2, 0.25) is 0 Å². The fraction of sp³-hybridized carbons (Fsp3) is 1.00. The monoisotopic (exact) mass is 212 g/mol. The third kappa shape index (κ3) is 2.19. The van der Waals surface area contributed by atoms with Crippen molar-refractivity contribution in [2.75, 3.05) is 13.2 Å². The van der Waals surface area contributed by atoms with Crippen LogP contribution < -0.4 is 5.73 Å². The Kier molecular flexibility index (Phi) is 3.65. The second-order valence-electron chi connectivity index (χ2n) is 5.27. The summed E-state index contributed by atoms with van der Waals surface area (Å²) in [6.45, 7) is 3.67. The van der Waals surface area contributed by atoms with E-state index in [9.17, 15) is 5.11 Å². The standard InChI is InChI=1S/C12H24N2O/c1-9-6-7-14(12(9)8-15)11-5-3-2-4-10(11)13/h9-12,15H,2-8,13H2,1H3. The van der Waals surface area contributed by atoms with Gasteiger partial charge < -0.3 is 10.8 Å². The molecule has 2 rings (SSSR count). The van der Waals surface area contributed by atoms with Crippen molar-refractivity contribution in [1.82, 2.24) is 4.90 Å². The van der Waals surface area contributed by atoms with E-state index >= 15 is 0 Å². The summed E-state index contributed by atoms with van der Waals surface area (Å²) in [5.74, 6) is 0.629. The summed E-state index contributed by atoms with van der Waals surface area (Å²) >= 11 is 0. The summed E-state index contributed by atoms with van der Waals surface area (Å²) in [7, 11) is 0. The Labute approximate surface area is 92.6 Å². The predicted octanol–water partition coefficient (Wildman–Crippen LogP) is 0.959. The lowest BCUT2D eigenvalue weighted by Crippen LogP contribution is -2.52. The molecule has 0 aromatic heterocycles. The number of aliphatic hydroxyl groups is 1. The third-order valence-corrected chi connectivity index (χ3v) is 4.32. The first-order valence-corrected chi connectivity index (χ1v) is 6.36. The van der Waals surface area contributed by atoms with E-state index in [2.05, 4.69) is 11.8 Å². The minimum atomic E-state index is 0.296. The summed E-state index contributed by atoms with van der Waals surface area (Å²) in [5.41, 5.74) is 6.20. The Hall–Kier alpha value is -0.120. The van der Waals surface area contributed by atoms with Crippen LogP contribution in [0.4, 0.5) is 0 Å². The molecule has 0 spiro atoms. The zero-order valence-electron chi connectivity index (χ0n) is 9.73. The van der Waals surface area contributed by atoms with Crippen molar-refractivity contribution in [3.05, 3.63) is 0 Å². The third-order valence-electron chi connectivity index (χ3n) is 4.32. The van der Waals surface area contributed by atoms with Gasteiger partial charge in [0.05, 0.1) is 6.61 Å². The fourth-order valence-electron chi connectivity index (χ4n) is 3.29. The van der Waals surface area contributed by atoms with Crippen molar-refractivity contribution in [3.8, 4) is 0 Å². The van der Waals surface area contributed by atoms with Crippen LogP contribution in [0.25, 0.3) is 0 Å². The fourth-order valence-corrected chi connectivity index (χ4v) is 3.29. The Morgan fingerprint density at radius 3 is 2.67 bits per heavy atom. The van der Waals surface area contributed by atoms with Gasteiger partial charge in [0.15, 0.2) is 0 Å². The minimum Gasteiger partial charge on any atom is -0.395 e. The molecule has 0 bridgehead atoms. The number of nitrogens with zero attached hydrogens (tertiary/aromatic N) is 1. The van der Waals surface area contributed by atoms with Crippen LogP contribution in [0.5, 0.6) is 0 Å². The molecule has 3 nitrogen and oxygen atoms in total. The number of rotatable bonds is 2. The van der Waals surface area contributed by atoms with Gasteiger partial charge in [-0.2, -0.15) is 0 Å². The second-order valence-corrected chi connectivity index (χ2v) is 5.27. The molecule has 15 heavy (non-hydrogen) atoms. The average Bonchev–Trinajstić information content (AvgIpc) is 2.60. The number of hydrogen-bond acceptors (Lipinski definition) is 3. The van der Waals surface area contributed by atoms with Crippen LogP contribution >= 0.6 is 0 Å². The SMILES string of the molecule is CC1CCN(C2CCCCC2N)C1CO. The number of nitrogens with two attached hydrogens (primary N) is 1. The van der Waals surface area contributed by atoms with E-state index < -0.39 is 0 Å². The molecule has 2 fully saturated rings. The highest BCUT2D eigenvalue weighted by Gasteiger charge is 2.38. The van der Waals surface area contributed by atoms with Crippen LogP contribution in [0.2, 0.25) is 0 Å². The molecule has 1 saturated carbocycles. The van der Waals surface area contributed by atoms with E-state index in [-0.39, 0.29) is 0 Å². The van der Waals surface area contributed by atoms with E-state index in [1.807, 2.05) is 0 Å². The van der Waals surface area contributed by atoms with E-state index in [0.29, 0.717) is 30.7 Å². The molecule has 1 heterocycles. The lowest BCUT2D eigenvalue weighted by atomic mass is 9.89. The zero-order chi connectivity index (χ0) is 10.8. The molecule has 0 radical (unpaired) electrons. The van der Waals surface area contributed by atoms with Crippen molar-refractivity contribution < 1.29 is 5.11 Å². The number of likely N-dealkylation sites (tertiary alicyclic amines) is 1. The van der Waals surface area contributed by atoms with E-state index in [4.69, 9.17) is 5.73 Å². The van der Waals surface area contributed by atoms with Crippen LogP contribution in [0.3, 0.4) is 0 Å². The van der Waals surface area contributed by atoms with Gasteiger partial charge in [0, 0.05) is 18.1 Å². The molecule has 4 unspecified atom stereocenters. The molecule has 3 heteroatoms. The maximum Gasteiger partial charge on any atom is 0.0589 e. The van der Waals surface area contributed by atoms with Gasteiger partial charge in [-0.05, 0) is 31.7 Å². The first-order chi connectivity index (χ1) is 7.24. The largest absolute Gasteiger partial charge is 0.395 e. The normalized spacial score (nSPS) is 43.4. The molecular formula is C12H24N2O. The molecule has 4 atom stereocenters. The quantitative estimate of drug-likeness (QED) is 0.717. The molecule has 1 saturated heterocycles. The summed E-state index contributed by atoms with van der Waals surface area (Å²) in [5, 5.41) is 9.44. The van der Waals surface area contributed by atoms with Gasteiger partial charge in [-0.3, -0.25) is 4.90 Å². The van der Waals surface area contributed by atoms with E-state index in [1.54, 1.807) is 0 Å². The van der Waals surface area contributed by atoms with Gasteiger partial charge in [0.1, 0.15) is 0 Å². The number of hydrogen-bond donors (Lipinski definition) is 2. The van der Waals surface area contributed by atoms with Gasteiger partial charge >= 0.3 is 0 Å². The summed E-state index contributed by atoms with van der Waals surface area (Å²) < 4.78 is 0. The van der Waals surface area contributed by atoms with Crippen LogP contribution in [0, 0.1) is 5.92 Å². The van der Waals surface area contributed by atoms with Crippen LogP contribution in [0.15, 0.2) is 0 Å². The van der Waals surface area contributed by atoms with Gasteiger partial charge in [-0.25, -0.2) is 0 Å². The van der Waals surface area contributed by atoms with Gasteiger partial charge in [0.25, 0.3) is 0 Å². The van der Waals surface area contributed by atoms with Crippen molar-refractivity contribution in [2.45, 2.75) is 57.2 Å². The Bertz CT molecular complexity index is 210. The van der Waals surface area contributed by atoms with E-state index in [1.165, 1.54) is 25.7 Å². The second kappa shape index (κ2) is 4.81. The topological polar surface area (TPSA) is 49.5 Å². The van der Waals surface area contributed by atoms with Crippen molar-refractivity contribution in [3.63, 3.8) is 0 Å². The number of aliphatic hydroxyl groups excluding tert-OH is 1. The lowest BCUT2D eigenvalue weighted by Gasteiger charge is -2.39. The first kappa shape index (κ1) is 11.4. The Morgan fingerprint density at radius 2 is 2.00 bits per heavy atom. The highest BCUT2D eigenvalue weighted by molar-refractivity contribution is 4.94. The molecule has 0 amide bonds. The van der Waals surface area contributed by atoms with Crippen molar-refractivity contribution in [1.29, 1.82) is 0 Å². The molecule has 88 valence electrons. The molecule has 1 aliphatic heterocycles. The molecular weight excluding hydrogens is 188 g/mol. The summed E-state index contributed by atoms with van der Waals surface area (Å²) in [4.78, 5) is 2.48. The zero-order valence-corrected chi connectivity index (χ0v) is 9.73. The lowest BCUT2D eigenvalue weighted by molar-refractivity contribution is 0.0744. The van der Waals surface area contributed by atoms with Crippen LogP contribution in [-0.2, 0) is 0 Å². The molecule has 3 N–H and O–H groups in total. The molecule has 0 aromatic carbocycles. The van der Waals surface area contributed by atoms with Crippen molar-refractivity contribution >= 4 is 0 Å². The summed E-state index contributed by atoms with van der Waals surface area (Å²) in [6.07, 6.45) is 6.19. The Balaban J connectivity index is 2.02. The van der Waals surface area contributed by atoms with E-state index in [0.717, 1.165) is 13.0 Å². The average molecular weight is 212 g/mol. The molecule has 1 aliphatic carbocycles. The van der Waals surface area contributed by atoms with Crippen LogP contribution in [-0.4, -0.2) is 41.3 Å². The molecule has 2 aliphatic rings. The summed E-state index contributed by atoms with van der Waals surface area (Å²) in [6, 6.07) is 1.22. The van der Waals surface area contributed by atoms with Gasteiger partial charge in [-0.15, -0.1) is 0 Å². The smallest absolute Gasteiger partial charge is 0.0589 e. The predicted molar refractivity (Wildman–Crippen MR) is 61.6 cm³/mol. The Morgan fingerprint density at radius 1 is 1.27 bits per heavy atom. The highest BCUT2D eigenvalue weighted by Crippen LogP contribution is 2.31. The first-order valence-electron chi connectivity index (χ1n) is 6.36.